The summed E-state index contributed by atoms with van der Waals surface area (Å²) in [5.41, 5.74) is 1.22. The number of hydrogen-bond acceptors (Lipinski definition) is 2. The van der Waals surface area contributed by atoms with E-state index in [-0.39, 0.29) is 5.82 Å². The van der Waals surface area contributed by atoms with E-state index < -0.39 is 0 Å². The first-order chi connectivity index (χ1) is 9.04. The van der Waals surface area contributed by atoms with Gasteiger partial charge in [-0.15, -0.1) is 11.6 Å². The van der Waals surface area contributed by atoms with E-state index in [4.69, 9.17) is 11.6 Å². The standard InChI is InChI=1S/C14H19ClFN3/c1-10(2)18(3)7-8-19-12-6-4-5-11(16)14(12)17-13(19)9-15/h4-6,10H,7-9H2,1-3H3. The van der Waals surface area contributed by atoms with Crippen LogP contribution in [0.15, 0.2) is 18.2 Å². The van der Waals surface area contributed by atoms with Crippen molar-refractivity contribution in [2.45, 2.75) is 32.3 Å². The van der Waals surface area contributed by atoms with Crippen molar-refractivity contribution in [1.29, 1.82) is 0 Å². The maximum atomic E-state index is 13.7. The van der Waals surface area contributed by atoms with Gasteiger partial charge in [-0.25, -0.2) is 9.37 Å². The van der Waals surface area contributed by atoms with Gasteiger partial charge in [-0.05, 0) is 33.0 Å². The maximum absolute atomic E-state index is 13.7. The van der Waals surface area contributed by atoms with Crippen molar-refractivity contribution in [2.75, 3.05) is 13.6 Å². The number of nitrogens with zero attached hydrogens (tertiary/aromatic N) is 3. The summed E-state index contributed by atoms with van der Waals surface area (Å²) in [6, 6.07) is 5.50. The number of benzene rings is 1. The van der Waals surface area contributed by atoms with Crippen LogP contribution in [0.2, 0.25) is 0 Å². The number of fused-ring (bicyclic) bond motifs is 1. The van der Waals surface area contributed by atoms with Crippen LogP contribution in [-0.2, 0) is 12.4 Å². The molecular formula is C14H19ClFN3. The van der Waals surface area contributed by atoms with Crippen molar-refractivity contribution in [1.82, 2.24) is 14.5 Å². The molecule has 19 heavy (non-hydrogen) atoms. The predicted octanol–water partition coefficient (Wildman–Crippen LogP) is 3.25. The Morgan fingerprint density at radius 1 is 1.42 bits per heavy atom. The summed E-state index contributed by atoms with van der Waals surface area (Å²) in [6.45, 7) is 5.93. The molecule has 0 N–H and O–H groups in total. The number of hydrogen-bond donors (Lipinski definition) is 0. The number of para-hydroxylation sites is 1. The average molecular weight is 284 g/mol. The van der Waals surface area contributed by atoms with E-state index >= 15 is 0 Å². The first-order valence-corrected chi connectivity index (χ1v) is 6.98. The molecule has 0 saturated carbocycles. The highest BCUT2D eigenvalue weighted by atomic mass is 35.5. The molecule has 0 bridgehead atoms. The van der Waals surface area contributed by atoms with Crippen LogP contribution < -0.4 is 0 Å². The molecule has 0 spiro atoms. The number of rotatable bonds is 5. The first-order valence-electron chi connectivity index (χ1n) is 6.44. The third-order valence-corrected chi connectivity index (χ3v) is 3.73. The van der Waals surface area contributed by atoms with Crippen molar-refractivity contribution in [3.63, 3.8) is 0 Å². The molecule has 0 aliphatic heterocycles. The number of halogens is 2. The summed E-state index contributed by atoms with van der Waals surface area (Å²) in [5.74, 6) is 0.721. The van der Waals surface area contributed by atoms with E-state index in [1.54, 1.807) is 6.07 Å². The Balaban J connectivity index is 2.33. The van der Waals surface area contributed by atoms with E-state index in [0.29, 0.717) is 17.4 Å². The summed E-state index contributed by atoms with van der Waals surface area (Å²) in [7, 11) is 2.07. The van der Waals surface area contributed by atoms with Gasteiger partial charge < -0.3 is 9.47 Å². The highest BCUT2D eigenvalue weighted by Crippen LogP contribution is 2.20. The van der Waals surface area contributed by atoms with Crippen LogP contribution in [0, 0.1) is 5.82 Å². The minimum atomic E-state index is -0.292. The number of imidazole rings is 1. The predicted molar refractivity (Wildman–Crippen MR) is 77.0 cm³/mol. The lowest BCUT2D eigenvalue weighted by molar-refractivity contribution is 0.263. The normalized spacial score (nSPS) is 11.9. The molecule has 0 fully saturated rings. The molecule has 5 heteroatoms. The molecule has 2 rings (SSSR count). The third kappa shape index (κ3) is 2.90. The van der Waals surface area contributed by atoms with E-state index in [1.807, 2.05) is 10.6 Å². The Hall–Kier alpha value is -1.13. The molecule has 0 aliphatic rings. The molecule has 0 amide bonds. The molecule has 2 aromatic rings. The lowest BCUT2D eigenvalue weighted by Gasteiger charge is -2.21. The summed E-state index contributed by atoms with van der Waals surface area (Å²) in [6.07, 6.45) is 0. The van der Waals surface area contributed by atoms with Crippen LogP contribution in [0.5, 0.6) is 0 Å². The van der Waals surface area contributed by atoms with Crippen LogP contribution in [0.3, 0.4) is 0 Å². The summed E-state index contributed by atoms with van der Waals surface area (Å²) < 4.78 is 15.7. The Morgan fingerprint density at radius 3 is 2.79 bits per heavy atom. The number of alkyl halides is 1. The van der Waals surface area contributed by atoms with Gasteiger partial charge in [0.25, 0.3) is 0 Å². The monoisotopic (exact) mass is 283 g/mol. The molecule has 0 unspecified atom stereocenters. The van der Waals surface area contributed by atoms with Crippen LogP contribution in [0.1, 0.15) is 19.7 Å². The lowest BCUT2D eigenvalue weighted by atomic mass is 10.3. The van der Waals surface area contributed by atoms with Crippen LogP contribution in [0.25, 0.3) is 11.0 Å². The maximum Gasteiger partial charge on any atom is 0.151 e. The Labute approximate surface area is 118 Å². The fourth-order valence-electron chi connectivity index (χ4n) is 2.03. The van der Waals surface area contributed by atoms with Crippen molar-refractivity contribution in [3.05, 3.63) is 29.8 Å². The van der Waals surface area contributed by atoms with Gasteiger partial charge in [0.2, 0.25) is 0 Å². The zero-order valence-corrected chi connectivity index (χ0v) is 12.3. The quantitative estimate of drug-likeness (QED) is 0.786. The minimum Gasteiger partial charge on any atom is -0.326 e. The molecule has 104 valence electrons. The van der Waals surface area contributed by atoms with Gasteiger partial charge in [0.05, 0.1) is 11.4 Å². The third-order valence-electron chi connectivity index (χ3n) is 3.49. The fourth-order valence-corrected chi connectivity index (χ4v) is 2.23. The largest absolute Gasteiger partial charge is 0.326 e. The first kappa shape index (κ1) is 14.3. The highest BCUT2D eigenvalue weighted by molar-refractivity contribution is 6.16. The Kier molecular flexibility index (Phi) is 4.42. The second kappa shape index (κ2) is 5.88. The smallest absolute Gasteiger partial charge is 0.151 e. The van der Waals surface area contributed by atoms with Crippen LogP contribution in [-0.4, -0.2) is 34.1 Å². The molecule has 1 aromatic heterocycles. The van der Waals surface area contributed by atoms with Gasteiger partial charge in [-0.3, -0.25) is 0 Å². The second-order valence-electron chi connectivity index (χ2n) is 5.00. The van der Waals surface area contributed by atoms with E-state index in [2.05, 4.69) is 30.8 Å². The van der Waals surface area contributed by atoms with Crippen molar-refractivity contribution < 1.29 is 4.39 Å². The molecule has 0 atom stereocenters. The summed E-state index contributed by atoms with van der Waals surface area (Å²) in [5, 5.41) is 0. The second-order valence-corrected chi connectivity index (χ2v) is 5.26. The van der Waals surface area contributed by atoms with Crippen molar-refractivity contribution in [3.8, 4) is 0 Å². The molecule has 3 nitrogen and oxygen atoms in total. The molecule has 0 radical (unpaired) electrons. The molecule has 0 saturated heterocycles. The number of aromatic nitrogens is 2. The van der Waals surface area contributed by atoms with Crippen LogP contribution in [0.4, 0.5) is 4.39 Å². The van der Waals surface area contributed by atoms with Crippen molar-refractivity contribution >= 4 is 22.6 Å². The lowest BCUT2D eigenvalue weighted by Crippen LogP contribution is -2.30. The average Bonchev–Trinajstić information content (AvgIpc) is 2.75. The molecule has 1 heterocycles. The minimum absolute atomic E-state index is 0.291. The molecule has 0 aliphatic carbocycles. The zero-order chi connectivity index (χ0) is 14.0. The molecular weight excluding hydrogens is 265 g/mol. The highest BCUT2D eigenvalue weighted by Gasteiger charge is 2.13. The van der Waals surface area contributed by atoms with Gasteiger partial charge in [0.15, 0.2) is 5.82 Å². The van der Waals surface area contributed by atoms with E-state index in [1.165, 1.54) is 6.07 Å². The van der Waals surface area contributed by atoms with E-state index in [0.717, 1.165) is 24.4 Å². The topological polar surface area (TPSA) is 21.1 Å². The van der Waals surface area contributed by atoms with Gasteiger partial charge in [-0.1, -0.05) is 6.07 Å². The number of likely N-dealkylation sites (N-methyl/N-ethyl adjacent to an activating group) is 1. The van der Waals surface area contributed by atoms with Crippen molar-refractivity contribution in [2.24, 2.45) is 0 Å². The zero-order valence-electron chi connectivity index (χ0n) is 11.5. The van der Waals surface area contributed by atoms with Gasteiger partial charge in [0, 0.05) is 19.1 Å². The van der Waals surface area contributed by atoms with Gasteiger partial charge in [-0.2, -0.15) is 0 Å². The van der Waals surface area contributed by atoms with Gasteiger partial charge in [0.1, 0.15) is 11.3 Å². The van der Waals surface area contributed by atoms with Gasteiger partial charge >= 0.3 is 0 Å². The Bertz CT molecular complexity index is 565. The SMILES string of the molecule is CC(C)N(C)CCn1c(CCl)nc2c(F)cccc21. The molecule has 1 aromatic carbocycles. The van der Waals surface area contributed by atoms with Crippen LogP contribution >= 0.6 is 11.6 Å². The summed E-state index contributed by atoms with van der Waals surface area (Å²) >= 11 is 5.91. The Morgan fingerprint density at radius 2 is 2.16 bits per heavy atom. The summed E-state index contributed by atoms with van der Waals surface area (Å²) in [4.78, 5) is 6.53. The fraction of sp³-hybridized carbons (Fsp3) is 0.500. The van der Waals surface area contributed by atoms with E-state index in [9.17, 15) is 4.39 Å².